The van der Waals surface area contributed by atoms with E-state index in [2.05, 4.69) is 0 Å². The summed E-state index contributed by atoms with van der Waals surface area (Å²) in [5.74, 6) is -0.0683. The predicted molar refractivity (Wildman–Crippen MR) is 89.9 cm³/mol. The predicted octanol–water partition coefficient (Wildman–Crippen LogP) is 3.63. The van der Waals surface area contributed by atoms with Gasteiger partial charge in [0.1, 0.15) is 5.75 Å². The summed E-state index contributed by atoms with van der Waals surface area (Å²) in [7, 11) is 1.52. The number of rotatable bonds is 6. The Morgan fingerprint density at radius 3 is 2.46 bits per heavy atom. The third kappa shape index (κ3) is 4.26. The second kappa shape index (κ2) is 7.25. The lowest BCUT2D eigenvalue weighted by molar-refractivity contribution is -0.150. The quantitative estimate of drug-likeness (QED) is 0.669. The first-order valence-corrected chi connectivity index (χ1v) is 7.86. The van der Waals surface area contributed by atoms with Crippen LogP contribution in [0.2, 0.25) is 0 Å². The second-order valence-corrected chi connectivity index (χ2v) is 5.86. The van der Waals surface area contributed by atoms with Crippen LogP contribution in [-0.4, -0.2) is 29.3 Å². The van der Waals surface area contributed by atoms with Gasteiger partial charge < -0.3 is 9.15 Å². The van der Waals surface area contributed by atoms with Crippen molar-refractivity contribution in [3.63, 3.8) is 0 Å². The second-order valence-electron chi connectivity index (χ2n) is 5.86. The SMILES string of the molecule is COc1ccc(CN(Cn2c(=O)oc3ccccc32)CC(F)(F)F)cc1. The van der Waals surface area contributed by atoms with Gasteiger partial charge in [-0.15, -0.1) is 0 Å². The third-order valence-electron chi connectivity index (χ3n) is 3.88. The van der Waals surface area contributed by atoms with Crippen molar-refractivity contribution in [1.29, 1.82) is 0 Å². The highest BCUT2D eigenvalue weighted by atomic mass is 19.4. The lowest BCUT2D eigenvalue weighted by Crippen LogP contribution is -2.37. The van der Waals surface area contributed by atoms with Crippen molar-refractivity contribution in [1.82, 2.24) is 9.47 Å². The molecule has 3 aromatic rings. The Morgan fingerprint density at radius 1 is 1.12 bits per heavy atom. The van der Waals surface area contributed by atoms with E-state index in [9.17, 15) is 18.0 Å². The Bertz CT molecular complexity index is 929. The molecule has 0 atom stereocenters. The summed E-state index contributed by atoms with van der Waals surface area (Å²) < 4.78 is 50.3. The molecule has 2 aromatic carbocycles. The first-order valence-electron chi connectivity index (χ1n) is 7.86. The molecule has 0 bridgehead atoms. The van der Waals surface area contributed by atoms with Gasteiger partial charge in [0.25, 0.3) is 0 Å². The number of para-hydroxylation sites is 2. The summed E-state index contributed by atoms with van der Waals surface area (Å²) in [4.78, 5) is 13.2. The Kier molecular flexibility index (Phi) is 5.03. The van der Waals surface area contributed by atoms with Gasteiger partial charge in [-0.2, -0.15) is 13.2 Å². The molecular formula is C18H17F3N2O3. The molecule has 0 unspecified atom stereocenters. The molecule has 0 aliphatic rings. The zero-order valence-corrected chi connectivity index (χ0v) is 14.0. The number of benzene rings is 2. The molecule has 0 radical (unpaired) electrons. The molecular weight excluding hydrogens is 349 g/mol. The summed E-state index contributed by atoms with van der Waals surface area (Å²) in [5, 5.41) is 0. The van der Waals surface area contributed by atoms with Crippen LogP contribution in [0.1, 0.15) is 5.56 Å². The molecule has 0 aliphatic carbocycles. The fourth-order valence-corrected chi connectivity index (χ4v) is 2.75. The molecule has 0 saturated carbocycles. The van der Waals surface area contributed by atoms with E-state index in [1.165, 1.54) is 11.7 Å². The van der Waals surface area contributed by atoms with Gasteiger partial charge in [0.15, 0.2) is 5.58 Å². The van der Waals surface area contributed by atoms with E-state index in [1.807, 2.05) is 0 Å². The van der Waals surface area contributed by atoms with E-state index in [-0.39, 0.29) is 13.2 Å². The van der Waals surface area contributed by atoms with Crippen molar-refractivity contribution in [2.75, 3.05) is 13.7 Å². The van der Waals surface area contributed by atoms with Gasteiger partial charge in [-0.05, 0) is 29.8 Å². The Balaban J connectivity index is 1.87. The number of halogens is 3. The topological polar surface area (TPSA) is 47.6 Å². The van der Waals surface area contributed by atoms with Crippen LogP contribution in [0.3, 0.4) is 0 Å². The first kappa shape index (κ1) is 18.1. The molecule has 1 aromatic heterocycles. The number of aromatic nitrogens is 1. The Morgan fingerprint density at radius 2 is 1.81 bits per heavy atom. The van der Waals surface area contributed by atoms with E-state index >= 15 is 0 Å². The summed E-state index contributed by atoms with van der Waals surface area (Å²) in [5.41, 5.74) is 1.48. The fraction of sp³-hybridized carbons (Fsp3) is 0.278. The van der Waals surface area contributed by atoms with Crippen LogP contribution in [-0.2, 0) is 13.2 Å². The Labute approximate surface area is 147 Å². The molecule has 26 heavy (non-hydrogen) atoms. The highest BCUT2D eigenvalue weighted by molar-refractivity contribution is 5.72. The number of hydrogen-bond donors (Lipinski definition) is 0. The van der Waals surface area contributed by atoms with E-state index in [0.29, 0.717) is 22.4 Å². The summed E-state index contributed by atoms with van der Waals surface area (Å²) in [6, 6.07) is 13.4. The zero-order valence-electron chi connectivity index (χ0n) is 14.0. The number of hydrogen-bond acceptors (Lipinski definition) is 4. The summed E-state index contributed by atoms with van der Waals surface area (Å²) >= 11 is 0. The van der Waals surface area contributed by atoms with Crippen LogP contribution in [0.15, 0.2) is 57.7 Å². The minimum Gasteiger partial charge on any atom is -0.497 e. The van der Waals surface area contributed by atoms with E-state index < -0.39 is 18.5 Å². The van der Waals surface area contributed by atoms with Gasteiger partial charge in [0.2, 0.25) is 0 Å². The summed E-state index contributed by atoms with van der Waals surface area (Å²) in [6.07, 6.45) is -4.39. The molecule has 0 amide bonds. The molecule has 5 nitrogen and oxygen atoms in total. The van der Waals surface area contributed by atoms with Crippen LogP contribution >= 0.6 is 0 Å². The van der Waals surface area contributed by atoms with Gasteiger partial charge in [0, 0.05) is 6.54 Å². The van der Waals surface area contributed by atoms with Crippen LogP contribution in [0.5, 0.6) is 5.75 Å². The minimum atomic E-state index is -4.39. The smallest absolute Gasteiger partial charge is 0.421 e. The lowest BCUT2D eigenvalue weighted by Gasteiger charge is -2.24. The largest absolute Gasteiger partial charge is 0.497 e. The molecule has 0 saturated heterocycles. The van der Waals surface area contributed by atoms with Crippen LogP contribution < -0.4 is 10.5 Å². The molecule has 8 heteroatoms. The highest BCUT2D eigenvalue weighted by Gasteiger charge is 2.31. The maximum absolute atomic E-state index is 13.0. The third-order valence-corrected chi connectivity index (χ3v) is 3.88. The van der Waals surface area contributed by atoms with Crippen LogP contribution in [0.4, 0.5) is 13.2 Å². The zero-order chi connectivity index (χ0) is 18.7. The number of oxazole rings is 1. The van der Waals surface area contributed by atoms with Gasteiger partial charge in [-0.1, -0.05) is 24.3 Å². The molecule has 1 heterocycles. The summed E-state index contributed by atoms with van der Waals surface area (Å²) in [6.45, 7) is -1.36. The van der Waals surface area contributed by atoms with E-state index in [1.54, 1.807) is 48.5 Å². The average molecular weight is 366 g/mol. The molecule has 0 aliphatic heterocycles. The normalized spacial score (nSPS) is 12.0. The van der Waals surface area contributed by atoms with Gasteiger partial charge in [-0.25, -0.2) is 4.79 Å². The fourth-order valence-electron chi connectivity index (χ4n) is 2.75. The lowest BCUT2D eigenvalue weighted by atomic mass is 10.2. The molecule has 0 N–H and O–H groups in total. The van der Waals surface area contributed by atoms with Crippen LogP contribution in [0, 0.1) is 0 Å². The highest BCUT2D eigenvalue weighted by Crippen LogP contribution is 2.21. The van der Waals surface area contributed by atoms with Crippen molar-refractivity contribution >= 4 is 11.1 Å². The molecule has 3 rings (SSSR count). The van der Waals surface area contributed by atoms with Crippen molar-refractivity contribution < 1.29 is 22.3 Å². The van der Waals surface area contributed by atoms with Gasteiger partial charge >= 0.3 is 11.9 Å². The van der Waals surface area contributed by atoms with Crippen molar-refractivity contribution in [3.05, 3.63) is 64.6 Å². The maximum atomic E-state index is 13.0. The molecule has 0 spiro atoms. The Hall–Kier alpha value is -2.74. The number of methoxy groups -OCH3 is 1. The van der Waals surface area contributed by atoms with Crippen molar-refractivity contribution in [2.45, 2.75) is 19.4 Å². The average Bonchev–Trinajstić information content (AvgIpc) is 2.90. The minimum absolute atomic E-state index is 0.0233. The van der Waals surface area contributed by atoms with Gasteiger partial charge in [0.05, 0.1) is 25.8 Å². The molecule has 138 valence electrons. The number of nitrogens with zero attached hydrogens (tertiary/aromatic N) is 2. The van der Waals surface area contributed by atoms with Gasteiger partial charge in [-0.3, -0.25) is 9.47 Å². The first-order chi connectivity index (χ1) is 12.4. The number of alkyl halides is 3. The standard InChI is InChI=1S/C18H17F3N2O3/c1-25-14-8-6-13(7-9-14)10-22(11-18(19,20)21)12-23-15-4-2-3-5-16(15)26-17(23)24/h2-9H,10-12H2,1H3. The number of fused-ring (bicyclic) bond motifs is 1. The van der Waals surface area contributed by atoms with E-state index in [0.717, 1.165) is 4.90 Å². The molecule has 0 fully saturated rings. The number of ether oxygens (including phenoxy) is 1. The van der Waals surface area contributed by atoms with E-state index in [4.69, 9.17) is 9.15 Å². The van der Waals surface area contributed by atoms with Crippen LogP contribution in [0.25, 0.3) is 11.1 Å². The maximum Gasteiger partial charge on any atom is 0.421 e. The monoisotopic (exact) mass is 366 g/mol. The van der Waals surface area contributed by atoms with Crippen molar-refractivity contribution in [2.24, 2.45) is 0 Å². The van der Waals surface area contributed by atoms with Crippen molar-refractivity contribution in [3.8, 4) is 5.75 Å².